The van der Waals surface area contributed by atoms with Crippen molar-refractivity contribution in [3.8, 4) is 34.8 Å². The van der Waals surface area contributed by atoms with Gasteiger partial charge < -0.3 is 40.6 Å². The van der Waals surface area contributed by atoms with Gasteiger partial charge in [-0.1, -0.05) is 89.7 Å². The van der Waals surface area contributed by atoms with Crippen LogP contribution in [-0.2, 0) is 36.9 Å². The van der Waals surface area contributed by atoms with Gasteiger partial charge in [-0.2, -0.15) is 0 Å². The van der Waals surface area contributed by atoms with E-state index >= 15 is 0 Å². The summed E-state index contributed by atoms with van der Waals surface area (Å²) in [5, 5.41) is 40.4. The number of ketones is 1. The molecule has 3 aliphatic rings. The second-order valence-electron chi connectivity index (χ2n) is 15.7. The molecule has 0 saturated carbocycles. The molecule has 3 aromatic carbocycles. The smallest absolute Gasteiger partial charge is 0.201 e. The molecular weight excluding hydrogens is 773 g/mol. The van der Waals surface area contributed by atoms with Crippen LogP contribution in [0.15, 0.2) is 53.5 Å². The van der Waals surface area contributed by atoms with Crippen LogP contribution in [0.5, 0.6) is 23.0 Å². The number of Topliss-reactive ketones (excluding diaryl/α,β-unsaturated/α-hetero) is 1. The molecule has 0 amide bonds. The number of rotatable bonds is 10. The predicted molar refractivity (Wildman–Crippen MR) is 233 cm³/mol. The molecule has 11 nitrogen and oxygen atoms in total. The molecule has 6 rings (SSSR count). The van der Waals surface area contributed by atoms with Crippen molar-refractivity contribution in [1.29, 1.82) is 0 Å². The number of ether oxygens (including phenoxy) is 3. The maximum atomic E-state index is 13.1. The molecule has 58 heavy (non-hydrogen) atoms. The number of aliphatic hydroxyl groups excluding tert-OH is 2. The fourth-order valence-electron chi connectivity index (χ4n) is 7.73. The van der Waals surface area contributed by atoms with E-state index in [1.54, 1.807) is 33.7 Å². The Kier molecular flexibility index (Phi) is 16.0. The summed E-state index contributed by atoms with van der Waals surface area (Å²) in [4.78, 5) is 17.8. The molecule has 5 atom stereocenters. The molecule has 1 aliphatic carbocycles. The Hall–Kier alpha value is -4.06. The van der Waals surface area contributed by atoms with Crippen molar-refractivity contribution < 1.29 is 34.3 Å². The lowest BCUT2D eigenvalue weighted by Crippen LogP contribution is -2.45. The summed E-state index contributed by atoms with van der Waals surface area (Å²) < 4.78 is 18.6. The third kappa shape index (κ3) is 11.6. The van der Waals surface area contributed by atoms with Gasteiger partial charge in [-0.15, -0.1) is 0 Å². The second kappa shape index (κ2) is 21.3. The number of hydrogen-bond donors (Lipinski definition) is 6. The molecule has 0 aromatic heterocycles. The third-order valence-corrected chi connectivity index (χ3v) is 13.7. The van der Waals surface area contributed by atoms with Gasteiger partial charge in [0.15, 0.2) is 29.0 Å². The number of guanidine groups is 1. The van der Waals surface area contributed by atoms with Gasteiger partial charge >= 0.3 is 0 Å². The summed E-state index contributed by atoms with van der Waals surface area (Å²) in [7, 11) is 5.07. The van der Waals surface area contributed by atoms with Crippen molar-refractivity contribution in [2.45, 2.75) is 90.1 Å². The molecule has 2 heterocycles. The Labute approximate surface area is 350 Å². The summed E-state index contributed by atoms with van der Waals surface area (Å²) in [5.41, 5.74) is 11.6. The van der Waals surface area contributed by atoms with E-state index in [-0.39, 0.29) is 61.2 Å². The molecule has 13 heteroatoms. The van der Waals surface area contributed by atoms with Crippen LogP contribution in [-0.4, -0.2) is 83.9 Å². The first-order chi connectivity index (χ1) is 28.1. The molecule has 0 fully saturated rings. The van der Waals surface area contributed by atoms with E-state index in [1.165, 1.54) is 12.7 Å². The minimum atomic E-state index is -1.13. The normalized spacial score (nSPS) is 23.0. The predicted octanol–water partition coefficient (Wildman–Crippen LogP) is 5.56. The Balaban J connectivity index is 1.34. The van der Waals surface area contributed by atoms with Crippen LogP contribution in [0.1, 0.15) is 72.9 Å². The van der Waals surface area contributed by atoms with Crippen LogP contribution in [0.4, 0.5) is 0 Å². The molecule has 0 spiro atoms. The van der Waals surface area contributed by atoms with Crippen LogP contribution in [0.2, 0.25) is 0 Å². The Bertz CT molecular complexity index is 1950. The van der Waals surface area contributed by atoms with Crippen molar-refractivity contribution in [3.63, 3.8) is 0 Å². The highest BCUT2D eigenvalue weighted by Gasteiger charge is 2.38. The molecule has 2 aliphatic heterocycles. The number of phenols is 1. The van der Waals surface area contributed by atoms with Gasteiger partial charge in [-0.05, 0) is 79.7 Å². The number of phenolic OH excluding ortho intramolecular Hbond substituents is 1. The van der Waals surface area contributed by atoms with Gasteiger partial charge in [0, 0.05) is 60.4 Å². The van der Waals surface area contributed by atoms with E-state index in [0.29, 0.717) is 61.2 Å². The molecule has 0 radical (unpaired) electrons. The maximum Gasteiger partial charge on any atom is 0.201 e. The zero-order valence-corrected chi connectivity index (χ0v) is 35.4. The number of aromatic hydroxyl groups is 1. The molecule has 0 saturated heterocycles. The average Bonchev–Trinajstić information content (AvgIpc) is 3.21. The van der Waals surface area contributed by atoms with Gasteiger partial charge in [-0.3, -0.25) is 15.1 Å². The second-order valence-corrected chi connectivity index (χ2v) is 18.3. The number of carbonyl (C=O) groups is 1. The molecular formula is C45H58N4O7S2. The lowest BCUT2D eigenvalue weighted by atomic mass is 9.81. The van der Waals surface area contributed by atoms with Crippen LogP contribution >= 0.6 is 21.6 Å². The molecule has 312 valence electrons. The molecule has 2 bridgehead atoms. The molecule has 0 unspecified atom stereocenters. The number of nitrogens with zero attached hydrogens (tertiary/aromatic N) is 1. The minimum absolute atomic E-state index is 0.0301. The van der Waals surface area contributed by atoms with Gasteiger partial charge in [0.1, 0.15) is 12.5 Å². The monoisotopic (exact) mass is 830 g/mol. The molecule has 7 N–H and O–H groups in total. The van der Waals surface area contributed by atoms with Crippen LogP contribution < -0.4 is 30.6 Å². The minimum Gasteiger partial charge on any atom is -0.504 e. The Morgan fingerprint density at radius 1 is 1.03 bits per heavy atom. The van der Waals surface area contributed by atoms with E-state index in [4.69, 9.17) is 24.9 Å². The van der Waals surface area contributed by atoms with E-state index in [2.05, 4.69) is 54.5 Å². The van der Waals surface area contributed by atoms with Crippen LogP contribution in [0.25, 0.3) is 0 Å². The van der Waals surface area contributed by atoms with E-state index in [0.717, 1.165) is 53.1 Å². The summed E-state index contributed by atoms with van der Waals surface area (Å²) in [6, 6.07) is 16.0. The standard InChI is InChI=1S/C45H58N4O7S2/c1-28(2)39-26-58-57-25-33(24-48-45(46)49-39)38-23-37-31-15-18-35(51)22-34(50)17-14-30-16-19-40(52)42(54-3)36(30)13-7-12-32(21-31)41(43(37)56-44(38)53)55-27-47-20-8-11-29-9-5-4-6-10-29/h4-6,9-10,16,19,21,28,33,35,38-39,44,47,51-53H,8,11-12,14-15,17-18,20,22-27H2,1-3H3,(H3,46,48,49)/t33-,35-,38-,39+,44-/m1/s1. The van der Waals surface area contributed by atoms with E-state index in [1.807, 2.05) is 18.2 Å². The van der Waals surface area contributed by atoms with E-state index in [9.17, 15) is 20.1 Å². The number of nitrogens with one attached hydrogen (secondary N) is 2. The van der Waals surface area contributed by atoms with Gasteiger partial charge in [0.2, 0.25) is 6.29 Å². The average molecular weight is 831 g/mol. The fraction of sp³-hybridized carbons (Fsp3) is 0.511. The first-order valence-corrected chi connectivity index (χ1v) is 22.9. The molecule has 3 aromatic rings. The number of aliphatic hydroxyl groups is 2. The zero-order valence-electron chi connectivity index (χ0n) is 33.8. The number of aryl methyl sites for hydroxylation is 3. The fourth-order valence-corrected chi connectivity index (χ4v) is 10.6. The first-order valence-electron chi connectivity index (χ1n) is 20.4. The lowest BCUT2D eigenvalue weighted by molar-refractivity contribution is -0.121. The van der Waals surface area contributed by atoms with Gasteiger partial charge in [-0.25, -0.2) is 0 Å². The van der Waals surface area contributed by atoms with Crippen molar-refractivity contribution in [1.82, 2.24) is 10.6 Å². The van der Waals surface area contributed by atoms with Gasteiger partial charge in [0.25, 0.3) is 0 Å². The summed E-state index contributed by atoms with van der Waals surface area (Å²) in [6.45, 7) is 5.72. The van der Waals surface area contributed by atoms with Gasteiger partial charge in [0.05, 0.1) is 18.8 Å². The summed E-state index contributed by atoms with van der Waals surface area (Å²) >= 11 is 0. The van der Waals surface area contributed by atoms with Crippen molar-refractivity contribution in [2.75, 3.05) is 38.4 Å². The van der Waals surface area contributed by atoms with Crippen molar-refractivity contribution in [3.05, 3.63) is 81.9 Å². The topological polar surface area (TPSA) is 168 Å². The van der Waals surface area contributed by atoms with Crippen LogP contribution in [0, 0.1) is 29.6 Å². The van der Waals surface area contributed by atoms with E-state index < -0.39 is 12.4 Å². The van der Waals surface area contributed by atoms with Crippen LogP contribution in [0.3, 0.4) is 0 Å². The maximum absolute atomic E-state index is 13.1. The highest BCUT2D eigenvalue weighted by molar-refractivity contribution is 8.76. The summed E-state index contributed by atoms with van der Waals surface area (Å²) in [6.07, 6.45) is 2.18. The number of benzene rings is 3. The number of nitrogens with two attached hydrogens (primary N) is 1. The lowest BCUT2D eigenvalue weighted by Gasteiger charge is -2.37. The third-order valence-electron chi connectivity index (χ3n) is 11.2. The largest absolute Gasteiger partial charge is 0.504 e. The number of aliphatic imine (C=N–C) groups is 1. The number of fused-ring (bicyclic) bond motifs is 5. The first kappa shape index (κ1) is 43.5. The highest BCUT2D eigenvalue weighted by Crippen LogP contribution is 2.46. The van der Waals surface area contributed by atoms with Crippen molar-refractivity contribution >= 4 is 33.3 Å². The Morgan fingerprint density at radius 3 is 2.64 bits per heavy atom. The number of methoxy groups -OCH3 is 1. The summed E-state index contributed by atoms with van der Waals surface area (Å²) in [5.74, 6) is 9.77. The number of hydrogen-bond acceptors (Lipinski definition) is 13. The quantitative estimate of drug-likeness (QED) is 0.0653. The Morgan fingerprint density at radius 2 is 1.84 bits per heavy atom. The highest BCUT2D eigenvalue weighted by atomic mass is 33.1. The van der Waals surface area contributed by atoms with Crippen molar-refractivity contribution in [2.24, 2.45) is 28.5 Å². The zero-order chi connectivity index (χ0) is 41.0. The SMILES string of the molecule is COc1c(O)ccc2c1C#CCc1cc(c3c(c1OCNCCCc1ccccc1)O[C@@H](O)[C@@H]([C@@H]1CN=C(N)N[C@H](C(C)C)CSSC1)C3)CC[C@@H](O)CC(=O)CC2. The number of carbonyl (C=O) groups excluding carboxylic acids is 1.